The first-order valence-electron chi connectivity index (χ1n) is 7.60. The minimum atomic E-state index is 0.250. The van der Waals surface area contributed by atoms with Crippen LogP contribution in [0.1, 0.15) is 23.8 Å². The fraction of sp³-hybridized carbons (Fsp3) is 0.294. The zero-order valence-corrected chi connectivity index (χ0v) is 13.6. The lowest BCUT2D eigenvalue weighted by molar-refractivity contribution is 0.114. The van der Waals surface area contributed by atoms with Crippen molar-refractivity contribution in [1.82, 2.24) is 14.5 Å². The predicted octanol–water partition coefficient (Wildman–Crippen LogP) is 3.86. The zero-order chi connectivity index (χ0) is 15.6. The third-order valence-electron chi connectivity index (χ3n) is 3.94. The van der Waals surface area contributed by atoms with Crippen LogP contribution in [0.5, 0.6) is 5.88 Å². The Morgan fingerprint density at radius 2 is 2.22 bits per heavy atom. The maximum absolute atomic E-state index is 5.77. The number of methoxy groups -OCH3 is 1. The molecule has 118 valence electrons. The minimum Gasteiger partial charge on any atom is -0.481 e. The van der Waals surface area contributed by atoms with Crippen molar-refractivity contribution in [3.05, 3.63) is 47.7 Å². The second-order valence-electron chi connectivity index (χ2n) is 5.38. The summed E-state index contributed by atoms with van der Waals surface area (Å²) < 4.78 is 12.9. The molecule has 0 spiro atoms. The van der Waals surface area contributed by atoms with Gasteiger partial charge in [0.2, 0.25) is 5.88 Å². The van der Waals surface area contributed by atoms with Gasteiger partial charge in [0.05, 0.1) is 30.0 Å². The summed E-state index contributed by atoms with van der Waals surface area (Å²) in [7, 11) is 1.61. The van der Waals surface area contributed by atoms with Crippen LogP contribution in [0.15, 0.2) is 42.9 Å². The second kappa shape index (κ2) is 6.14. The highest BCUT2D eigenvalue weighted by molar-refractivity contribution is 7.15. The smallest absolute Gasteiger partial charge is 0.213 e. The van der Waals surface area contributed by atoms with Gasteiger partial charge in [-0.05, 0) is 31.0 Å². The summed E-state index contributed by atoms with van der Waals surface area (Å²) in [6.07, 6.45) is 8.05. The van der Waals surface area contributed by atoms with Crippen LogP contribution in [0.25, 0.3) is 16.4 Å². The molecular weight excluding hydrogens is 310 g/mol. The van der Waals surface area contributed by atoms with E-state index in [2.05, 4.69) is 22.1 Å². The maximum atomic E-state index is 5.77. The van der Waals surface area contributed by atoms with Crippen LogP contribution in [0.3, 0.4) is 0 Å². The molecule has 1 unspecified atom stereocenters. The van der Waals surface area contributed by atoms with Gasteiger partial charge in [-0.15, -0.1) is 11.3 Å². The summed E-state index contributed by atoms with van der Waals surface area (Å²) in [5.74, 6) is 1.53. The normalized spacial score (nSPS) is 17.5. The van der Waals surface area contributed by atoms with E-state index in [0.717, 1.165) is 35.8 Å². The molecule has 3 aromatic heterocycles. The van der Waals surface area contributed by atoms with Crippen molar-refractivity contribution in [2.45, 2.75) is 18.9 Å². The van der Waals surface area contributed by atoms with Crippen LogP contribution >= 0.6 is 11.3 Å². The van der Waals surface area contributed by atoms with E-state index >= 15 is 0 Å². The van der Waals surface area contributed by atoms with E-state index in [4.69, 9.17) is 9.47 Å². The number of aromatic nitrogens is 3. The molecule has 0 N–H and O–H groups in total. The molecule has 1 atom stereocenters. The average molecular weight is 327 g/mol. The Labute approximate surface area is 138 Å². The van der Waals surface area contributed by atoms with Crippen LogP contribution in [-0.4, -0.2) is 28.3 Å². The summed E-state index contributed by atoms with van der Waals surface area (Å²) in [6, 6.07) is 8.11. The van der Waals surface area contributed by atoms with Gasteiger partial charge in [-0.25, -0.2) is 9.97 Å². The molecule has 1 saturated heterocycles. The van der Waals surface area contributed by atoms with Gasteiger partial charge in [-0.1, -0.05) is 0 Å². The third kappa shape index (κ3) is 2.75. The van der Waals surface area contributed by atoms with Crippen molar-refractivity contribution in [3.63, 3.8) is 0 Å². The molecule has 1 aliphatic rings. The molecule has 1 aliphatic heterocycles. The minimum absolute atomic E-state index is 0.250. The number of ether oxygens (including phenoxy) is 2. The molecule has 0 saturated carbocycles. The van der Waals surface area contributed by atoms with Gasteiger partial charge in [0.1, 0.15) is 0 Å². The molecule has 6 heteroatoms. The quantitative estimate of drug-likeness (QED) is 0.730. The van der Waals surface area contributed by atoms with E-state index in [1.807, 2.05) is 29.1 Å². The topological polar surface area (TPSA) is 49.2 Å². The fourth-order valence-corrected chi connectivity index (χ4v) is 3.86. The Morgan fingerprint density at radius 1 is 1.26 bits per heavy atom. The highest BCUT2D eigenvalue weighted by Crippen LogP contribution is 2.37. The van der Waals surface area contributed by atoms with Crippen LogP contribution in [0.2, 0.25) is 0 Å². The summed E-state index contributed by atoms with van der Waals surface area (Å²) in [4.78, 5) is 11.2. The van der Waals surface area contributed by atoms with Gasteiger partial charge in [0.25, 0.3) is 0 Å². The number of pyridine rings is 1. The lowest BCUT2D eigenvalue weighted by Crippen LogP contribution is -1.96. The standard InChI is InChI=1S/C17H17N3O2S/c1-21-16-7-4-12(11-19-16)20-9-8-18-17(20)15-6-5-14(23-15)13-3-2-10-22-13/h4-9,11,13H,2-3,10H2,1H3. The second-order valence-corrected chi connectivity index (χ2v) is 6.50. The maximum Gasteiger partial charge on any atom is 0.213 e. The summed E-state index contributed by atoms with van der Waals surface area (Å²) >= 11 is 1.75. The number of hydrogen-bond donors (Lipinski definition) is 0. The average Bonchev–Trinajstić information content (AvgIpc) is 3.34. The first kappa shape index (κ1) is 14.4. The van der Waals surface area contributed by atoms with Gasteiger partial charge >= 0.3 is 0 Å². The van der Waals surface area contributed by atoms with E-state index in [1.54, 1.807) is 24.6 Å². The summed E-state index contributed by atoms with van der Waals surface area (Å²) in [5, 5.41) is 0. The molecule has 23 heavy (non-hydrogen) atoms. The van der Waals surface area contributed by atoms with Gasteiger partial charge in [0, 0.05) is 29.9 Å². The monoisotopic (exact) mass is 327 g/mol. The summed E-state index contributed by atoms with van der Waals surface area (Å²) in [6.45, 7) is 0.865. The molecule has 0 radical (unpaired) electrons. The molecular formula is C17H17N3O2S. The number of imidazole rings is 1. The molecule has 4 rings (SSSR count). The zero-order valence-electron chi connectivity index (χ0n) is 12.8. The number of thiophene rings is 1. The molecule has 0 bridgehead atoms. The lowest BCUT2D eigenvalue weighted by atomic mass is 10.2. The van der Waals surface area contributed by atoms with Crippen molar-refractivity contribution in [1.29, 1.82) is 0 Å². The highest BCUT2D eigenvalue weighted by atomic mass is 32.1. The van der Waals surface area contributed by atoms with Crippen molar-refractivity contribution in [3.8, 4) is 22.3 Å². The van der Waals surface area contributed by atoms with E-state index < -0.39 is 0 Å². The number of nitrogens with zero attached hydrogens (tertiary/aromatic N) is 3. The van der Waals surface area contributed by atoms with Crippen molar-refractivity contribution >= 4 is 11.3 Å². The Hall–Kier alpha value is -2.18. The van der Waals surface area contributed by atoms with Crippen LogP contribution in [0.4, 0.5) is 0 Å². The molecule has 4 heterocycles. The SMILES string of the molecule is COc1ccc(-n2ccnc2-c2ccc(C3CCCO3)s2)cn1. The lowest BCUT2D eigenvalue weighted by Gasteiger charge is -2.07. The molecule has 5 nitrogen and oxygen atoms in total. The molecule has 0 aromatic carbocycles. The van der Waals surface area contributed by atoms with Crippen molar-refractivity contribution in [2.24, 2.45) is 0 Å². The van der Waals surface area contributed by atoms with E-state index in [-0.39, 0.29) is 6.10 Å². The first-order chi connectivity index (χ1) is 11.3. The Kier molecular flexibility index (Phi) is 3.85. The third-order valence-corrected chi connectivity index (χ3v) is 5.12. The van der Waals surface area contributed by atoms with E-state index in [1.165, 1.54) is 4.88 Å². The largest absolute Gasteiger partial charge is 0.481 e. The van der Waals surface area contributed by atoms with Gasteiger partial charge in [-0.2, -0.15) is 0 Å². The van der Waals surface area contributed by atoms with Gasteiger partial charge in [0.15, 0.2) is 5.82 Å². The highest BCUT2D eigenvalue weighted by Gasteiger charge is 2.20. The van der Waals surface area contributed by atoms with E-state index in [9.17, 15) is 0 Å². The van der Waals surface area contributed by atoms with Gasteiger partial charge < -0.3 is 9.47 Å². The Morgan fingerprint density at radius 3 is 2.96 bits per heavy atom. The van der Waals surface area contributed by atoms with Crippen molar-refractivity contribution < 1.29 is 9.47 Å². The first-order valence-corrected chi connectivity index (χ1v) is 8.42. The molecule has 1 fully saturated rings. The number of rotatable bonds is 4. The predicted molar refractivity (Wildman–Crippen MR) is 89.2 cm³/mol. The fourth-order valence-electron chi connectivity index (χ4n) is 2.78. The van der Waals surface area contributed by atoms with Gasteiger partial charge in [-0.3, -0.25) is 4.57 Å². The van der Waals surface area contributed by atoms with Crippen LogP contribution in [0, 0.1) is 0 Å². The Balaban J connectivity index is 1.66. The van der Waals surface area contributed by atoms with Crippen molar-refractivity contribution in [2.75, 3.05) is 13.7 Å². The van der Waals surface area contributed by atoms with Crippen LogP contribution in [-0.2, 0) is 4.74 Å². The summed E-state index contributed by atoms with van der Waals surface area (Å²) in [5.41, 5.74) is 0.963. The molecule has 0 amide bonds. The molecule has 0 aliphatic carbocycles. The van der Waals surface area contributed by atoms with Crippen LogP contribution < -0.4 is 4.74 Å². The number of hydrogen-bond acceptors (Lipinski definition) is 5. The molecule has 3 aromatic rings. The Bertz CT molecular complexity index is 788. The van der Waals surface area contributed by atoms with E-state index in [0.29, 0.717) is 5.88 Å².